The van der Waals surface area contributed by atoms with Gasteiger partial charge >= 0.3 is 5.97 Å². The second kappa shape index (κ2) is 4.52. The molecular weight excluding hydrogens is 192 g/mol. The Morgan fingerprint density at radius 2 is 2.07 bits per heavy atom. The van der Waals surface area contributed by atoms with Crippen molar-refractivity contribution in [3.8, 4) is 18.1 Å². The van der Waals surface area contributed by atoms with Gasteiger partial charge < -0.3 is 9.47 Å². The van der Waals surface area contributed by atoms with E-state index in [2.05, 4.69) is 10.7 Å². The molecule has 0 aliphatic carbocycles. The normalized spacial score (nSPS) is 9.20. The molecule has 0 radical (unpaired) electrons. The fourth-order valence-corrected chi connectivity index (χ4v) is 1.33. The van der Waals surface area contributed by atoms with Gasteiger partial charge in [-0.15, -0.1) is 6.42 Å². The third kappa shape index (κ3) is 2.10. The van der Waals surface area contributed by atoms with Crippen molar-refractivity contribution in [1.82, 2.24) is 0 Å². The molecule has 1 aromatic rings. The number of hydrogen-bond acceptors (Lipinski definition) is 3. The van der Waals surface area contributed by atoms with Crippen LogP contribution in [0, 0.1) is 19.3 Å². The first-order valence-corrected chi connectivity index (χ1v) is 4.37. The molecule has 0 amide bonds. The highest BCUT2D eigenvalue weighted by Crippen LogP contribution is 2.24. The van der Waals surface area contributed by atoms with Crippen LogP contribution in [0.5, 0.6) is 5.75 Å². The lowest BCUT2D eigenvalue weighted by molar-refractivity contribution is 0.0600. The van der Waals surface area contributed by atoms with Crippen LogP contribution in [0.25, 0.3) is 0 Å². The maximum absolute atomic E-state index is 11.4. The number of aryl methyl sites for hydroxylation is 1. The van der Waals surface area contributed by atoms with Crippen molar-refractivity contribution in [1.29, 1.82) is 0 Å². The quantitative estimate of drug-likeness (QED) is 0.544. The molecule has 0 aliphatic heterocycles. The Morgan fingerprint density at radius 3 is 2.53 bits per heavy atom. The van der Waals surface area contributed by atoms with Crippen LogP contribution in [0.4, 0.5) is 0 Å². The predicted octanol–water partition coefficient (Wildman–Crippen LogP) is 1.77. The SMILES string of the molecule is C#Cc1c(OC)cc(C)cc1C(=O)OC. The summed E-state index contributed by atoms with van der Waals surface area (Å²) in [6.07, 6.45) is 5.33. The minimum atomic E-state index is -0.454. The van der Waals surface area contributed by atoms with Crippen molar-refractivity contribution in [3.05, 3.63) is 28.8 Å². The first-order chi connectivity index (χ1) is 7.13. The molecule has 0 spiro atoms. The molecule has 0 bridgehead atoms. The maximum atomic E-state index is 11.4. The summed E-state index contributed by atoms with van der Waals surface area (Å²) in [4.78, 5) is 11.4. The topological polar surface area (TPSA) is 35.5 Å². The standard InChI is InChI=1S/C12H12O3/c1-5-9-10(12(13)15-4)6-8(2)7-11(9)14-3/h1,6-7H,2-4H3. The van der Waals surface area contributed by atoms with Gasteiger partial charge in [0.25, 0.3) is 0 Å². The number of ether oxygens (including phenoxy) is 2. The number of hydrogen-bond donors (Lipinski definition) is 0. The van der Waals surface area contributed by atoms with Crippen molar-refractivity contribution in [2.75, 3.05) is 14.2 Å². The van der Waals surface area contributed by atoms with Gasteiger partial charge in [0.2, 0.25) is 0 Å². The highest BCUT2D eigenvalue weighted by Gasteiger charge is 2.15. The monoisotopic (exact) mass is 204 g/mol. The van der Waals surface area contributed by atoms with E-state index in [9.17, 15) is 4.79 Å². The van der Waals surface area contributed by atoms with Crippen LogP contribution in [-0.2, 0) is 4.74 Å². The van der Waals surface area contributed by atoms with Gasteiger partial charge in [0.1, 0.15) is 5.75 Å². The van der Waals surface area contributed by atoms with Gasteiger partial charge in [0.05, 0.1) is 25.3 Å². The van der Waals surface area contributed by atoms with Gasteiger partial charge in [-0.2, -0.15) is 0 Å². The Kier molecular flexibility index (Phi) is 3.35. The van der Waals surface area contributed by atoms with Crippen LogP contribution >= 0.6 is 0 Å². The molecule has 0 atom stereocenters. The first kappa shape index (κ1) is 11.1. The van der Waals surface area contributed by atoms with E-state index in [1.165, 1.54) is 14.2 Å². The summed E-state index contributed by atoms with van der Waals surface area (Å²) in [5.74, 6) is 2.49. The van der Waals surface area contributed by atoms with Crippen LogP contribution in [0.15, 0.2) is 12.1 Å². The molecule has 0 saturated carbocycles. The number of benzene rings is 1. The highest BCUT2D eigenvalue weighted by atomic mass is 16.5. The summed E-state index contributed by atoms with van der Waals surface area (Å²) in [5, 5.41) is 0. The lowest BCUT2D eigenvalue weighted by Crippen LogP contribution is -2.06. The van der Waals surface area contributed by atoms with Gasteiger partial charge in [0, 0.05) is 0 Å². The van der Waals surface area contributed by atoms with E-state index in [1.54, 1.807) is 12.1 Å². The van der Waals surface area contributed by atoms with E-state index in [1.807, 2.05) is 6.92 Å². The number of rotatable bonds is 2. The molecular formula is C12H12O3. The smallest absolute Gasteiger partial charge is 0.339 e. The number of methoxy groups -OCH3 is 2. The van der Waals surface area contributed by atoms with E-state index in [-0.39, 0.29) is 0 Å². The van der Waals surface area contributed by atoms with Gasteiger partial charge in [-0.25, -0.2) is 4.79 Å². The molecule has 0 heterocycles. The lowest BCUT2D eigenvalue weighted by atomic mass is 10.0. The summed E-state index contributed by atoms with van der Waals surface area (Å²) < 4.78 is 9.75. The zero-order valence-electron chi connectivity index (χ0n) is 8.96. The summed E-state index contributed by atoms with van der Waals surface area (Å²) in [6.45, 7) is 1.86. The van der Waals surface area contributed by atoms with Crippen molar-refractivity contribution in [2.24, 2.45) is 0 Å². The zero-order valence-corrected chi connectivity index (χ0v) is 8.96. The summed E-state index contributed by atoms with van der Waals surface area (Å²) in [7, 11) is 2.83. The van der Waals surface area contributed by atoms with Crippen LogP contribution in [0.2, 0.25) is 0 Å². The zero-order chi connectivity index (χ0) is 11.4. The molecule has 15 heavy (non-hydrogen) atoms. The summed E-state index contributed by atoms with van der Waals surface area (Å²) in [6, 6.07) is 3.46. The average Bonchev–Trinajstić information content (AvgIpc) is 2.26. The highest BCUT2D eigenvalue weighted by molar-refractivity contribution is 5.93. The third-order valence-electron chi connectivity index (χ3n) is 2.02. The molecule has 1 aromatic carbocycles. The van der Waals surface area contributed by atoms with Crippen LogP contribution in [0.3, 0.4) is 0 Å². The van der Waals surface area contributed by atoms with E-state index in [0.29, 0.717) is 16.9 Å². The Morgan fingerprint density at radius 1 is 1.40 bits per heavy atom. The van der Waals surface area contributed by atoms with E-state index in [4.69, 9.17) is 11.2 Å². The van der Waals surface area contributed by atoms with Crippen LogP contribution in [0.1, 0.15) is 21.5 Å². The third-order valence-corrected chi connectivity index (χ3v) is 2.02. The number of terminal acetylenes is 1. The molecule has 1 rings (SSSR count). The van der Waals surface area contributed by atoms with Gasteiger partial charge in [0.15, 0.2) is 0 Å². The lowest BCUT2D eigenvalue weighted by Gasteiger charge is -2.09. The van der Waals surface area contributed by atoms with Crippen molar-refractivity contribution in [2.45, 2.75) is 6.92 Å². The second-order valence-corrected chi connectivity index (χ2v) is 3.03. The van der Waals surface area contributed by atoms with Gasteiger partial charge in [-0.1, -0.05) is 5.92 Å². The Bertz CT molecular complexity index is 427. The number of carbonyl (C=O) groups is 1. The van der Waals surface area contributed by atoms with Crippen LogP contribution < -0.4 is 4.74 Å². The minimum Gasteiger partial charge on any atom is -0.495 e. The second-order valence-electron chi connectivity index (χ2n) is 3.03. The molecule has 0 saturated heterocycles. The van der Waals surface area contributed by atoms with E-state index >= 15 is 0 Å². The first-order valence-electron chi connectivity index (χ1n) is 4.37. The Balaban J connectivity index is 3.43. The molecule has 3 heteroatoms. The molecule has 0 N–H and O–H groups in total. The van der Waals surface area contributed by atoms with Gasteiger partial charge in [-0.05, 0) is 24.6 Å². The van der Waals surface area contributed by atoms with Crippen molar-refractivity contribution >= 4 is 5.97 Å². The molecule has 0 aliphatic rings. The fourth-order valence-electron chi connectivity index (χ4n) is 1.33. The number of carbonyl (C=O) groups excluding carboxylic acids is 1. The summed E-state index contributed by atoms with van der Waals surface area (Å²) in [5.41, 5.74) is 1.68. The Hall–Kier alpha value is -1.95. The van der Waals surface area contributed by atoms with E-state index < -0.39 is 5.97 Å². The Labute approximate surface area is 89.0 Å². The van der Waals surface area contributed by atoms with Crippen molar-refractivity contribution in [3.63, 3.8) is 0 Å². The predicted molar refractivity (Wildman–Crippen MR) is 57.0 cm³/mol. The molecule has 0 unspecified atom stereocenters. The van der Waals surface area contributed by atoms with Crippen molar-refractivity contribution < 1.29 is 14.3 Å². The number of esters is 1. The fraction of sp³-hybridized carbons (Fsp3) is 0.250. The average molecular weight is 204 g/mol. The van der Waals surface area contributed by atoms with Gasteiger partial charge in [-0.3, -0.25) is 0 Å². The summed E-state index contributed by atoms with van der Waals surface area (Å²) >= 11 is 0. The molecule has 3 nitrogen and oxygen atoms in total. The van der Waals surface area contributed by atoms with E-state index in [0.717, 1.165) is 5.56 Å². The minimum absolute atomic E-state index is 0.358. The molecule has 0 aromatic heterocycles. The van der Waals surface area contributed by atoms with Crippen LogP contribution in [-0.4, -0.2) is 20.2 Å². The maximum Gasteiger partial charge on any atom is 0.339 e. The largest absolute Gasteiger partial charge is 0.495 e. The molecule has 78 valence electrons. The molecule has 0 fully saturated rings.